The van der Waals surface area contributed by atoms with Gasteiger partial charge >= 0.3 is 0 Å². The van der Waals surface area contributed by atoms with Gasteiger partial charge < -0.3 is 10.6 Å². The Hall–Kier alpha value is -1.25. The van der Waals surface area contributed by atoms with Gasteiger partial charge in [0.2, 0.25) is 0 Å². The summed E-state index contributed by atoms with van der Waals surface area (Å²) in [5.74, 6) is 2.78. The number of rotatable bonds is 3. The quantitative estimate of drug-likeness (QED) is 0.821. The Morgan fingerprint density at radius 1 is 1.60 bits per heavy atom. The number of nitrogens with zero attached hydrogens (tertiary/aromatic N) is 2. The number of nitrogen functional groups attached to an aromatic ring is 1. The van der Waals surface area contributed by atoms with Crippen LogP contribution in [0.4, 0.5) is 11.5 Å². The topological polar surface area (TPSA) is 42.2 Å². The van der Waals surface area contributed by atoms with Crippen LogP contribution in [0.5, 0.6) is 0 Å². The Morgan fingerprint density at radius 3 is 2.80 bits per heavy atom. The molecule has 1 saturated carbocycles. The zero-order valence-corrected chi connectivity index (χ0v) is 9.70. The van der Waals surface area contributed by atoms with Gasteiger partial charge in [-0.2, -0.15) is 0 Å². The van der Waals surface area contributed by atoms with Crippen LogP contribution in [0, 0.1) is 18.8 Å². The molecule has 0 aromatic carbocycles. The van der Waals surface area contributed by atoms with Gasteiger partial charge in [-0.25, -0.2) is 4.98 Å². The monoisotopic (exact) mass is 205 g/mol. The largest absolute Gasteiger partial charge is 0.397 e. The van der Waals surface area contributed by atoms with E-state index >= 15 is 0 Å². The van der Waals surface area contributed by atoms with Crippen molar-refractivity contribution in [2.75, 3.05) is 24.2 Å². The van der Waals surface area contributed by atoms with Gasteiger partial charge in [-0.3, -0.25) is 0 Å². The minimum atomic E-state index is 0.770. The van der Waals surface area contributed by atoms with Crippen LogP contribution in [0.2, 0.25) is 0 Å². The molecule has 1 aromatic rings. The second-order valence-corrected chi connectivity index (χ2v) is 4.75. The molecule has 1 aromatic heterocycles. The minimum Gasteiger partial charge on any atom is -0.397 e. The third-order valence-corrected chi connectivity index (χ3v) is 3.31. The van der Waals surface area contributed by atoms with Gasteiger partial charge in [0.1, 0.15) is 5.82 Å². The number of anilines is 2. The predicted molar refractivity (Wildman–Crippen MR) is 63.9 cm³/mol. The Kier molecular flexibility index (Phi) is 2.55. The van der Waals surface area contributed by atoms with Gasteiger partial charge in [-0.15, -0.1) is 0 Å². The molecule has 0 spiro atoms. The number of aryl methyl sites for hydroxylation is 1. The summed E-state index contributed by atoms with van der Waals surface area (Å²) < 4.78 is 0. The second-order valence-electron chi connectivity index (χ2n) is 4.75. The molecule has 0 amide bonds. The molecular weight excluding hydrogens is 186 g/mol. The lowest BCUT2D eigenvalue weighted by molar-refractivity contribution is 0.719. The van der Waals surface area contributed by atoms with Crippen LogP contribution in [0.15, 0.2) is 12.3 Å². The molecule has 2 atom stereocenters. The maximum atomic E-state index is 5.74. The fourth-order valence-corrected chi connectivity index (χ4v) is 1.86. The zero-order valence-electron chi connectivity index (χ0n) is 9.70. The van der Waals surface area contributed by atoms with Crippen LogP contribution < -0.4 is 10.6 Å². The molecule has 3 heteroatoms. The van der Waals surface area contributed by atoms with Crippen molar-refractivity contribution in [3.63, 3.8) is 0 Å². The summed E-state index contributed by atoms with van der Waals surface area (Å²) in [5, 5.41) is 0. The predicted octanol–water partition coefficient (Wildman–Crippen LogP) is 2.06. The van der Waals surface area contributed by atoms with Crippen LogP contribution in [0.3, 0.4) is 0 Å². The first-order chi connectivity index (χ1) is 7.08. The number of hydrogen-bond donors (Lipinski definition) is 1. The average Bonchev–Trinajstić information content (AvgIpc) is 2.86. The Bertz CT molecular complexity index is 362. The molecule has 82 valence electrons. The van der Waals surface area contributed by atoms with Crippen molar-refractivity contribution in [1.29, 1.82) is 0 Å². The van der Waals surface area contributed by atoms with Crippen LogP contribution >= 0.6 is 0 Å². The van der Waals surface area contributed by atoms with Gasteiger partial charge in [0.15, 0.2) is 0 Å². The van der Waals surface area contributed by atoms with Gasteiger partial charge in [0.05, 0.1) is 11.9 Å². The van der Waals surface area contributed by atoms with E-state index in [1.165, 1.54) is 6.42 Å². The van der Waals surface area contributed by atoms with Crippen molar-refractivity contribution in [2.24, 2.45) is 11.8 Å². The fourth-order valence-electron chi connectivity index (χ4n) is 1.86. The van der Waals surface area contributed by atoms with E-state index in [9.17, 15) is 0 Å². The molecule has 0 saturated heterocycles. The average molecular weight is 205 g/mol. The Morgan fingerprint density at radius 2 is 2.27 bits per heavy atom. The van der Waals surface area contributed by atoms with Gasteiger partial charge in [-0.1, -0.05) is 6.92 Å². The maximum Gasteiger partial charge on any atom is 0.128 e. The molecule has 1 heterocycles. The molecule has 1 aliphatic carbocycles. The minimum absolute atomic E-state index is 0.770. The Balaban J connectivity index is 2.04. The van der Waals surface area contributed by atoms with Crippen LogP contribution in [0.25, 0.3) is 0 Å². The summed E-state index contributed by atoms with van der Waals surface area (Å²) >= 11 is 0. The molecule has 0 bridgehead atoms. The first kappa shape index (κ1) is 10.3. The van der Waals surface area contributed by atoms with E-state index in [4.69, 9.17) is 5.73 Å². The van der Waals surface area contributed by atoms with E-state index in [0.717, 1.165) is 35.4 Å². The van der Waals surface area contributed by atoms with Gasteiger partial charge in [0, 0.05) is 13.6 Å². The van der Waals surface area contributed by atoms with Crippen LogP contribution in [-0.4, -0.2) is 18.6 Å². The lowest BCUT2D eigenvalue weighted by atomic mass is 10.2. The van der Waals surface area contributed by atoms with E-state index < -0.39 is 0 Å². The van der Waals surface area contributed by atoms with Crippen molar-refractivity contribution in [1.82, 2.24) is 4.98 Å². The highest BCUT2D eigenvalue weighted by atomic mass is 15.2. The summed E-state index contributed by atoms with van der Waals surface area (Å²) in [6.45, 7) is 5.44. The standard InChI is InChI=1S/C12H19N3/c1-8-4-10(8)7-15(3)12-5-9(2)11(13)6-14-12/h5-6,8,10H,4,7,13H2,1-3H3. The molecular formula is C12H19N3. The van der Waals surface area contributed by atoms with Crippen molar-refractivity contribution in [2.45, 2.75) is 20.3 Å². The highest BCUT2D eigenvalue weighted by Gasteiger charge is 2.33. The molecule has 1 fully saturated rings. The molecule has 1 aliphatic rings. The van der Waals surface area contributed by atoms with Gasteiger partial charge in [0.25, 0.3) is 0 Å². The van der Waals surface area contributed by atoms with Crippen molar-refractivity contribution >= 4 is 11.5 Å². The first-order valence-electron chi connectivity index (χ1n) is 5.51. The van der Waals surface area contributed by atoms with E-state index in [0.29, 0.717) is 0 Å². The van der Waals surface area contributed by atoms with E-state index in [1.54, 1.807) is 6.20 Å². The maximum absolute atomic E-state index is 5.74. The summed E-state index contributed by atoms with van der Waals surface area (Å²) in [7, 11) is 2.10. The normalized spacial score (nSPS) is 23.9. The highest BCUT2D eigenvalue weighted by molar-refractivity contribution is 5.51. The van der Waals surface area contributed by atoms with E-state index in [-0.39, 0.29) is 0 Å². The van der Waals surface area contributed by atoms with Crippen LogP contribution in [-0.2, 0) is 0 Å². The van der Waals surface area contributed by atoms with Crippen molar-refractivity contribution < 1.29 is 0 Å². The number of pyridine rings is 1. The lowest BCUT2D eigenvalue weighted by Gasteiger charge is -2.18. The number of hydrogen-bond acceptors (Lipinski definition) is 3. The second kappa shape index (κ2) is 3.72. The first-order valence-corrected chi connectivity index (χ1v) is 5.51. The molecule has 2 unspecified atom stereocenters. The van der Waals surface area contributed by atoms with E-state index in [2.05, 4.69) is 29.9 Å². The molecule has 3 nitrogen and oxygen atoms in total. The van der Waals surface area contributed by atoms with Crippen molar-refractivity contribution in [3.05, 3.63) is 17.8 Å². The van der Waals surface area contributed by atoms with Crippen LogP contribution in [0.1, 0.15) is 18.9 Å². The third-order valence-electron chi connectivity index (χ3n) is 3.31. The molecule has 15 heavy (non-hydrogen) atoms. The fraction of sp³-hybridized carbons (Fsp3) is 0.583. The highest BCUT2D eigenvalue weighted by Crippen LogP contribution is 2.38. The number of aromatic nitrogens is 1. The zero-order chi connectivity index (χ0) is 11.0. The van der Waals surface area contributed by atoms with Crippen molar-refractivity contribution in [3.8, 4) is 0 Å². The lowest BCUT2D eigenvalue weighted by Crippen LogP contribution is -2.21. The summed E-state index contributed by atoms with van der Waals surface area (Å²) in [6, 6.07) is 2.06. The molecule has 2 N–H and O–H groups in total. The molecule has 0 aliphatic heterocycles. The number of nitrogens with two attached hydrogens (primary N) is 1. The van der Waals surface area contributed by atoms with E-state index in [1.807, 2.05) is 6.92 Å². The molecule has 0 radical (unpaired) electrons. The summed E-state index contributed by atoms with van der Waals surface area (Å²) in [4.78, 5) is 6.57. The summed E-state index contributed by atoms with van der Waals surface area (Å²) in [5.41, 5.74) is 7.62. The smallest absolute Gasteiger partial charge is 0.128 e. The van der Waals surface area contributed by atoms with Gasteiger partial charge in [-0.05, 0) is 36.8 Å². The molecule has 2 rings (SSSR count). The Labute approximate surface area is 91.3 Å². The third kappa shape index (κ3) is 2.22. The SMILES string of the molecule is Cc1cc(N(C)CC2CC2C)ncc1N. The summed E-state index contributed by atoms with van der Waals surface area (Å²) in [6.07, 6.45) is 3.11.